The molecule has 0 radical (unpaired) electrons. The average Bonchev–Trinajstić information content (AvgIpc) is 2.88. The number of rotatable bonds is 1. The number of carbonyl (C=O) groups is 2. The lowest BCUT2D eigenvalue weighted by atomic mass is 10.0. The average molecular weight is 276 g/mol. The van der Waals surface area contributed by atoms with Gasteiger partial charge < -0.3 is 4.90 Å². The molecule has 1 aromatic rings. The Bertz CT molecular complexity index is 587. The maximum absolute atomic E-state index is 13.2. The molecule has 0 saturated carbocycles. The molecule has 2 amide bonds. The van der Waals surface area contributed by atoms with Crippen LogP contribution in [-0.2, 0) is 9.59 Å². The molecule has 0 aliphatic carbocycles. The van der Waals surface area contributed by atoms with Gasteiger partial charge in [-0.2, -0.15) is 0 Å². The number of hydrogen-bond donors (Lipinski definition) is 0. The van der Waals surface area contributed by atoms with Crippen molar-refractivity contribution in [2.45, 2.75) is 38.8 Å². The molecule has 2 heterocycles. The Labute approximate surface area is 117 Å². The van der Waals surface area contributed by atoms with Crippen LogP contribution >= 0.6 is 0 Å². The minimum atomic E-state index is -0.527. The fourth-order valence-electron chi connectivity index (χ4n) is 3.21. The quantitative estimate of drug-likeness (QED) is 0.785. The summed E-state index contributed by atoms with van der Waals surface area (Å²) >= 11 is 0. The van der Waals surface area contributed by atoms with Gasteiger partial charge in [-0.05, 0) is 50.5 Å². The smallest absolute Gasteiger partial charge is 0.250 e. The highest BCUT2D eigenvalue weighted by Crippen LogP contribution is 2.32. The SMILES string of the molecule is Cc1cc(F)ccc1N1C(=O)C2CCCN2C(=O)C1C. The zero-order valence-electron chi connectivity index (χ0n) is 11.6. The highest BCUT2D eigenvalue weighted by molar-refractivity contribution is 6.08. The van der Waals surface area contributed by atoms with Crippen molar-refractivity contribution >= 4 is 17.5 Å². The van der Waals surface area contributed by atoms with E-state index in [0.717, 1.165) is 6.42 Å². The van der Waals surface area contributed by atoms with Gasteiger partial charge in [0.05, 0.1) is 0 Å². The van der Waals surface area contributed by atoms with Crippen molar-refractivity contribution in [1.82, 2.24) is 4.90 Å². The van der Waals surface area contributed by atoms with Gasteiger partial charge in [-0.3, -0.25) is 14.5 Å². The lowest BCUT2D eigenvalue weighted by Crippen LogP contribution is -2.62. The summed E-state index contributed by atoms with van der Waals surface area (Å²) in [5, 5.41) is 0. The van der Waals surface area contributed by atoms with Crippen LogP contribution < -0.4 is 4.90 Å². The first-order valence-corrected chi connectivity index (χ1v) is 6.90. The first-order chi connectivity index (χ1) is 9.50. The third kappa shape index (κ3) is 1.80. The summed E-state index contributed by atoms with van der Waals surface area (Å²) in [6, 6.07) is 3.43. The third-order valence-corrected chi connectivity index (χ3v) is 4.22. The second kappa shape index (κ2) is 4.58. The van der Waals surface area contributed by atoms with Crippen LogP contribution in [-0.4, -0.2) is 35.3 Å². The van der Waals surface area contributed by atoms with Crippen LogP contribution in [0.3, 0.4) is 0 Å². The molecule has 0 aromatic heterocycles. The van der Waals surface area contributed by atoms with Crippen LogP contribution in [0.4, 0.5) is 10.1 Å². The number of piperazine rings is 1. The molecule has 20 heavy (non-hydrogen) atoms. The van der Waals surface area contributed by atoms with E-state index in [9.17, 15) is 14.0 Å². The van der Waals surface area contributed by atoms with E-state index in [1.54, 1.807) is 24.8 Å². The van der Waals surface area contributed by atoms with Crippen LogP contribution in [0.5, 0.6) is 0 Å². The van der Waals surface area contributed by atoms with Crippen molar-refractivity contribution in [3.63, 3.8) is 0 Å². The highest BCUT2D eigenvalue weighted by Gasteiger charge is 2.46. The fourth-order valence-corrected chi connectivity index (χ4v) is 3.21. The number of anilines is 1. The van der Waals surface area contributed by atoms with Crippen LogP contribution in [0.15, 0.2) is 18.2 Å². The number of aryl methyl sites for hydroxylation is 1. The molecule has 2 unspecified atom stereocenters. The Morgan fingerprint density at radius 1 is 1.25 bits per heavy atom. The molecule has 2 atom stereocenters. The van der Waals surface area contributed by atoms with E-state index in [1.807, 2.05) is 0 Å². The summed E-state index contributed by atoms with van der Waals surface area (Å²) in [7, 11) is 0. The Morgan fingerprint density at radius 2 is 2.00 bits per heavy atom. The number of hydrogen-bond acceptors (Lipinski definition) is 2. The maximum atomic E-state index is 13.2. The minimum absolute atomic E-state index is 0.0178. The molecule has 3 rings (SSSR count). The molecule has 0 spiro atoms. The standard InChI is InChI=1S/C15H17FN2O2/c1-9-8-11(16)5-6-12(9)18-10(2)14(19)17-7-3-4-13(17)15(18)20/h5-6,8,10,13H,3-4,7H2,1-2H3. The van der Waals surface area contributed by atoms with E-state index in [2.05, 4.69) is 0 Å². The van der Waals surface area contributed by atoms with Gasteiger partial charge in [0.1, 0.15) is 17.9 Å². The molecule has 2 fully saturated rings. The van der Waals surface area contributed by atoms with Gasteiger partial charge in [0, 0.05) is 12.2 Å². The van der Waals surface area contributed by atoms with Gasteiger partial charge in [0.25, 0.3) is 5.91 Å². The van der Waals surface area contributed by atoms with Crippen molar-refractivity contribution in [3.05, 3.63) is 29.6 Å². The Balaban J connectivity index is 2.03. The molecule has 2 saturated heterocycles. The zero-order valence-corrected chi connectivity index (χ0v) is 11.6. The Morgan fingerprint density at radius 3 is 2.70 bits per heavy atom. The van der Waals surface area contributed by atoms with Crippen molar-refractivity contribution in [2.75, 3.05) is 11.4 Å². The topological polar surface area (TPSA) is 40.6 Å². The molecule has 0 bridgehead atoms. The van der Waals surface area contributed by atoms with Gasteiger partial charge >= 0.3 is 0 Å². The molecule has 2 aliphatic rings. The van der Waals surface area contributed by atoms with Crippen LogP contribution in [0.2, 0.25) is 0 Å². The monoisotopic (exact) mass is 276 g/mol. The van der Waals surface area contributed by atoms with Crippen LogP contribution in [0, 0.1) is 12.7 Å². The number of benzene rings is 1. The fraction of sp³-hybridized carbons (Fsp3) is 0.467. The summed E-state index contributed by atoms with van der Waals surface area (Å²) in [5.41, 5.74) is 1.30. The van der Waals surface area contributed by atoms with Crippen molar-refractivity contribution in [2.24, 2.45) is 0 Å². The van der Waals surface area contributed by atoms with Crippen molar-refractivity contribution in [3.8, 4) is 0 Å². The van der Waals surface area contributed by atoms with Crippen molar-refractivity contribution in [1.29, 1.82) is 0 Å². The van der Waals surface area contributed by atoms with Crippen molar-refractivity contribution < 1.29 is 14.0 Å². The Kier molecular flexibility index (Phi) is 3.00. The van der Waals surface area contributed by atoms with E-state index in [1.165, 1.54) is 17.0 Å². The van der Waals surface area contributed by atoms with E-state index in [-0.39, 0.29) is 23.7 Å². The third-order valence-electron chi connectivity index (χ3n) is 4.22. The number of nitrogens with zero attached hydrogens (tertiary/aromatic N) is 2. The molecule has 106 valence electrons. The largest absolute Gasteiger partial charge is 0.329 e. The van der Waals surface area contributed by atoms with E-state index < -0.39 is 6.04 Å². The van der Waals surface area contributed by atoms with Gasteiger partial charge in [0.2, 0.25) is 5.91 Å². The van der Waals surface area contributed by atoms with Gasteiger partial charge in [0.15, 0.2) is 0 Å². The van der Waals surface area contributed by atoms with E-state index >= 15 is 0 Å². The molecular formula is C15H17FN2O2. The second-order valence-electron chi connectivity index (χ2n) is 5.50. The molecule has 1 aromatic carbocycles. The van der Waals surface area contributed by atoms with E-state index in [4.69, 9.17) is 0 Å². The predicted molar refractivity (Wildman–Crippen MR) is 72.8 cm³/mol. The molecule has 4 nitrogen and oxygen atoms in total. The highest BCUT2D eigenvalue weighted by atomic mass is 19.1. The van der Waals surface area contributed by atoms with Gasteiger partial charge in [-0.1, -0.05) is 0 Å². The number of fused-ring (bicyclic) bond motifs is 1. The zero-order chi connectivity index (χ0) is 14.4. The molecule has 5 heteroatoms. The summed E-state index contributed by atoms with van der Waals surface area (Å²) in [4.78, 5) is 28.2. The summed E-state index contributed by atoms with van der Waals surface area (Å²) in [6.07, 6.45) is 1.58. The summed E-state index contributed by atoms with van der Waals surface area (Å²) in [5.74, 6) is -0.405. The van der Waals surface area contributed by atoms with Crippen LogP contribution in [0.25, 0.3) is 0 Å². The van der Waals surface area contributed by atoms with E-state index in [0.29, 0.717) is 24.2 Å². The summed E-state index contributed by atoms with van der Waals surface area (Å²) in [6.45, 7) is 4.15. The lowest BCUT2D eigenvalue weighted by molar-refractivity contribution is -0.143. The Hall–Kier alpha value is -1.91. The molecule has 0 N–H and O–H groups in total. The normalized spacial score (nSPS) is 26.1. The van der Waals surface area contributed by atoms with Crippen LogP contribution in [0.1, 0.15) is 25.3 Å². The summed E-state index contributed by atoms with van der Waals surface area (Å²) < 4.78 is 13.2. The lowest BCUT2D eigenvalue weighted by Gasteiger charge is -2.41. The number of amides is 2. The second-order valence-corrected chi connectivity index (χ2v) is 5.50. The minimum Gasteiger partial charge on any atom is -0.329 e. The first-order valence-electron chi connectivity index (χ1n) is 6.90. The maximum Gasteiger partial charge on any atom is 0.250 e. The first kappa shape index (κ1) is 13.1. The van der Waals surface area contributed by atoms with Gasteiger partial charge in [-0.25, -0.2) is 4.39 Å². The predicted octanol–water partition coefficient (Wildman–Crippen LogP) is 1.86. The molecule has 2 aliphatic heterocycles. The number of carbonyl (C=O) groups excluding carboxylic acids is 2. The number of halogens is 1. The van der Waals surface area contributed by atoms with Gasteiger partial charge in [-0.15, -0.1) is 0 Å². The molecular weight excluding hydrogens is 259 g/mol.